The van der Waals surface area contributed by atoms with Gasteiger partial charge in [0.2, 0.25) is 5.79 Å². The fourth-order valence-corrected chi connectivity index (χ4v) is 3.29. The van der Waals surface area contributed by atoms with Crippen LogP contribution in [0.25, 0.3) is 0 Å². The largest absolute Gasteiger partial charge is 0.493 e. The highest BCUT2D eigenvalue weighted by atomic mass is 16.7. The first-order chi connectivity index (χ1) is 14.8. The van der Waals surface area contributed by atoms with E-state index in [1.165, 1.54) is 7.11 Å². The monoisotopic (exact) mass is 424 g/mol. The van der Waals surface area contributed by atoms with Crippen LogP contribution in [-0.2, 0) is 6.61 Å². The van der Waals surface area contributed by atoms with Gasteiger partial charge >= 0.3 is 0 Å². The zero-order valence-electron chi connectivity index (χ0n) is 18.1. The molecule has 0 fully saturated rings. The molecule has 1 N–H and O–H groups in total. The van der Waals surface area contributed by atoms with Gasteiger partial charge in [-0.2, -0.15) is 0 Å². The normalized spacial score (nSPS) is 13.7. The second kappa shape index (κ2) is 7.86. The molecule has 4 rings (SSSR count). The summed E-state index contributed by atoms with van der Waals surface area (Å²) < 4.78 is 27.8. The summed E-state index contributed by atoms with van der Waals surface area (Å²) in [6.45, 7) is 7.63. The molecule has 0 spiro atoms. The standard InChI is InChI=1S/C23H24N2O6/c1-13-17(14(2)31-25-13)12-28-18-8-6-15(10-20(18)27-5)22(26)24-16-7-9-19-21(11-16)30-23(3,4)29-19/h6-11H,12H2,1-5H3,(H,24,26). The zero-order valence-corrected chi connectivity index (χ0v) is 18.1. The van der Waals surface area contributed by atoms with E-state index in [1.807, 2.05) is 27.7 Å². The molecular weight excluding hydrogens is 400 g/mol. The topological polar surface area (TPSA) is 92.1 Å². The van der Waals surface area contributed by atoms with Crippen LogP contribution in [0.1, 0.15) is 41.2 Å². The van der Waals surface area contributed by atoms with Crippen molar-refractivity contribution in [2.24, 2.45) is 0 Å². The molecule has 162 valence electrons. The van der Waals surface area contributed by atoms with Gasteiger partial charge in [-0.15, -0.1) is 0 Å². The molecule has 8 heteroatoms. The smallest absolute Gasteiger partial charge is 0.255 e. The van der Waals surface area contributed by atoms with E-state index < -0.39 is 5.79 Å². The molecule has 8 nitrogen and oxygen atoms in total. The Labute approximate surface area is 180 Å². The van der Waals surface area contributed by atoms with Crippen molar-refractivity contribution in [3.05, 3.63) is 59.0 Å². The van der Waals surface area contributed by atoms with Gasteiger partial charge in [0.15, 0.2) is 23.0 Å². The molecule has 0 saturated heterocycles. The van der Waals surface area contributed by atoms with E-state index in [0.717, 1.165) is 11.3 Å². The molecule has 3 aromatic rings. The molecule has 0 unspecified atom stereocenters. The van der Waals surface area contributed by atoms with Gasteiger partial charge < -0.3 is 28.8 Å². The number of aromatic nitrogens is 1. The number of carbonyl (C=O) groups excluding carboxylic acids is 1. The van der Waals surface area contributed by atoms with Crippen molar-refractivity contribution in [1.82, 2.24) is 5.16 Å². The first kappa shape index (κ1) is 20.6. The maximum Gasteiger partial charge on any atom is 0.255 e. The fraction of sp³-hybridized carbons (Fsp3) is 0.304. The van der Waals surface area contributed by atoms with Gasteiger partial charge in [-0.25, -0.2) is 0 Å². The third kappa shape index (κ3) is 4.28. The minimum Gasteiger partial charge on any atom is -0.493 e. The Bertz CT molecular complexity index is 1120. The first-order valence-electron chi connectivity index (χ1n) is 9.82. The van der Waals surface area contributed by atoms with Crippen LogP contribution in [-0.4, -0.2) is 24.0 Å². The molecule has 1 aromatic heterocycles. The molecule has 2 heterocycles. The molecule has 31 heavy (non-hydrogen) atoms. The quantitative estimate of drug-likeness (QED) is 0.616. The van der Waals surface area contributed by atoms with Crippen LogP contribution >= 0.6 is 0 Å². The predicted molar refractivity (Wildman–Crippen MR) is 113 cm³/mol. The van der Waals surface area contributed by atoms with E-state index in [4.69, 9.17) is 23.5 Å². The van der Waals surface area contributed by atoms with Gasteiger partial charge in [0.25, 0.3) is 5.91 Å². The number of hydrogen-bond acceptors (Lipinski definition) is 7. The predicted octanol–water partition coefficient (Wildman–Crippen LogP) is 4.64. The average Bonchev–Trinajstić information content (AvgIpc) is 3.22. The van der Waals surface area contributed by atoms with Gasteiger partial charge in [-0.1, -0.05) is 5.16 Å². The van der Waals surface area contributed by atoms with Crippen LogP contribution in [0.4, 0.5) is 5.69 Å². The van der Waals surface area contributed by atoms with E-state index in [1.54, 1.807) is 36.4 Å². The number of methoxy groups -OCH3 is 1. The molecule has 0 radical (unpaired) electrons. The van der Waals surface area contributed by atoms with Crippen LogP contribution in [0.2, 0.25) is 0 Å². The number of carbonyl (C=O) groups is 1. The second-order valence-electron chi connectivity index (χ2n) is 7.68. The number of fused-ring (bicyclic) bond motifs is 1. The number of anilines is 1. The molecule has 1 aliphatic rings. The van der Waals surface area contributed by atoms with Gasteiger partial charge in [0.05, 0.1) is 18.4 Å². The highest BCUT2D eigenvalue weighted by Crippen LogP contribution is 2.40. The lowest BCUT2D eigenvalue weighted by molar-refractivity contribution is -0.0431. The molecular formula is C23H24N2O6. The summed E-state index contributed by atoms with van der Waals surface area (Å²) in [5.74, 6) is 1.90. The minimum atomic E-state index is -0.724. The summed E-state index contributed by atoms with van der Waals surface area (Å²) in [5.41, 5.74) is 2.69. The van der Waals surface area contributed by atoms with Gasteiger partial charge in [0, 0.05) is 31.2 Å². The van der Waals surface area contributed by atoms with Crippen molar-refractivity contribution in [2.45, 2.75) is 40.1 Å². The average molecular weight is 424 g/mol. The number of rotatable bonds is 6. The molecule has 0 atom stereocenters. The fourth-order valence-electron chi connectivity index (χ4n) is 3.29. The van der Waals surface area contributed by atoms with E-state index >= 15 is 0 Å². The number of nitrogens with one attached hydrogen (secondary N) is 1. The number of aryl methyl sites for hydroxylation is 2. The summed E-state index contributed by atoms with van der Waals surface area (Å²) in [6, 6.07) is 10.3. The zero-order chi connectivity index (χ0) is 22.2. The third-order valence-corrected chi connectivity index (χ3v) is 4.89. The van der Waals surface area contributed by atoms with Crippen LogP contribution < -0.4 is 24.3 Å². The van der Waals surface area contributed by atoms with Crippen molar-refractivity contribution >= 4 is 11.6 Å². The minimum absolute atomic E-state index is 0.284. The molecule has 0 bridgehead atoms. The first-order valence-corrected chi connectivity index (χ1v) is 9.82. The highest BCUT2D eigenvalue weighted by molar-refractivity contribution is 6.04. The Morgan fingerprint density at radius 2 is 1.84 bits per heavy atom. The van der Waals surface area contributed by atoms with Crippen molar-refractivity contribution in [3.63, 3.8) is 0 Å². The van der Waals surface area contributed by atoms with Gasteiger partial charge in [0.1, 0.15) is 12.4 Å². The Morgan fingerprint density at radius 3 is 2.55 bits per heavy atom. The molecule has 1 aliphatic heterocycles. The molecule has 0 saturated carbocycles. The Balaban J connectivity index is 1.47. The third-order valence-electron chi connectivity index (χ3n) is 4.89. The second-order valence-corrected chi connectivity index (χ2v) is 7.68. The van der Waals surface area contributed by atoms with Crippen molar-refractivity contribution in [2.75, 3.05) is 12.4 Å². The summed E-state index contributed by atoms with van der Waals surface area (Å²) >= 11 is 0. The van der Waals surface area contributed by atoms with Crippen molar-refractivity contribution < 1.29 is 28.3 Å². The summed E-state index contributed by atoms with van der Waals surface area (Å²) in [4.78, 5) is 12.8. The number of hydrogen-bond donors (Lipinski definition) is 1. The number of benzene rings is 2. The summed E-state index contributed by atoms with van der Waals surface area (Å²) in [7, 11) is 1.53. The molecule has 1 amide bonds. The maximum absolute atomic E-state index is 12.8. The summed E-state index contributed by atoms with van der Waals surface area (Å²) in [5, 5.41) is 6.79. The van der Waals surface area contributed by atoms with Gasteiger partial charge in [-0.05, 0) is 44.2 Å². The highest BCUT2D eigenvalue weighted by Gasteiger charge is 2.31. The Morgan fingerprint density at radius 1 is 1.06 bits per heavy atom. The Hall–Kier alpha value is -3.68. The van der Waals surface area contributed by atoms with Crippen LogP contribution in [0.3, 0.4) is 0 Å². The number of nitrogens with zero attached hydrogens (tertiary/aromatic N) is 1. The lowest BCUT2D eigenvalue weighted by Crippen LogP contribution is -2.29. The van der Waals surface area contributed by atoms with Crippen LogP contribution in [0.5, 0.6) is 23.0 Å². The number of amides is 1. The van der Waals surface area contributed by atoms with E-state index in [-0.39, 0.29) is 12.5 Å². The van der Waals surface area contributed by atoms with Crippen molar-refractivity contribution in [3.8, 4) is 23.0 Å². The lowest BCUT2D eigenvalue weighted by Gasteiger charge is -2.16. The summed E-state index contributed by atoms with van der Waals surface area (Å²) in [6.07, 6.45) is 0. The molecule has 2 aromatic carbocycles. The lowest BCUT2D eigenvalue weighted by atomic mass is 10.1. The van der Waals surface area contributed by atoms with E-state index in [0.29, 0.717) is 40.0 Å². The maximum atomic E-state index is 12.8. The van der Waals surface area contributed by atoms with E-state index in [9.17, 15) is 4.79 Å². The van der Waals surface area contributed by atoms with E-state index in [2.05, 4.69) is 10.5 Å². The van der Waals surface area contributed by atoms with Crippen LogP contribution in [0, 0.1) is 13.8 Å². The van der Waals surface area contributed by atoms with Crippen molar-refractivity contribution in [1.29, 1.82) is 0 Å². The van der Waals surface area contributed by atoms with Gasteiger partial charge in [-0.3, -0.25) is 4.79 Å². The van der Waals surface area contributed by atoms with Crippen LogP contribution in [0.15, 0.2) is 40.9 Å². The number of ether oxygens (including phenoxy) is 4. The SMILES string of the molecule is COc1cc(C(=O)Nc2ccc3c(c2)OC(C)(C)O3)ccc1OCc1c(C)noc1C. The Kier molecular flexibility index (Phi) is 5.22. The molecule has 0 aliphatic carbocycles.